The lowest BCUT2D eigenvalue weighted by molar-refractivity contribution is -0.122. The van der Waals surface area contributed by atoms with Crippen LogP contribution in [0.3, 0.4) is 0 Å². The van der Waals surface area contributed by atoms with Crippen LogP contribution in [0.25, 0.3) is 0 Å². The maximum Gasteiger partial charge on any atom is 0.233 e. The second kappa shape index (κ2) is 6.06. The number of benzene rings is 1. The zero-order valence-electron chi connectivity index (χ0n) is 11.6. The van der Waals surface area contributed by atoms with Crippen molar-refractivity contribution in [2.45, 2.75) is 32.2 Å². The van der Waals surface area contributed by atoms with E-state index in [1.807, 2.05) is 6.07 Å². The Kier molecular flexibility index (Phi) is 4.43. The van der Waals surface area contributed by atoms with Gasteiger partial charge in [0.2, 0.25) is 5.91 Å². The molecule has 1 aliphatic carbocycles. The largest absolute Gasteiger partial charge is 0.508 e. The average molecular weight is 262 g/mol. The zero-order valence-corrected chi connectivity index (χ0v) is 11.6. The standard InChI is InChI=1S/C15H22N2O2/c1-3-17(10-15(19)16-2)13-8-4-7-12-11(13)6-5-9-14(12)18/h5-6,9,13,18H,3-4,7-8,10H2,1-2H3,(H,16,19). The molecule has 1 amide bonds. The second-order valence-electron chi connectivity index (χ2n) is 4.99. The maximum absolute atomic E-state index is 11.6. The second-order valence-corrected chi connectivity index (χ2v) is 4.99. The van der Waals surface area contributed by atoms with Gasteiger partial charge in [-0.1, -0.05) is 19.1 Å². The Labute approximate surface area is 114 Å². The normalized spacial score (nSPS) is 18.2. The monoisotopic (exact) mass is 262 g/mol. The van der Waals surface area contributed by atoms with Gasteiger partial charge in [0.25, 0.3) is 0 Å². The molecule has 0 bridgehead atoms. The maximum atomic E-state index is 11.6. The van der Waals surface area contributed by atoms with Crippen molar-refractivity contribution < 1.29 is 9.90 Å². The van der Waals surface area contributed by atoms with Gasteiger partial charge < -0.3 is 10.4 Å². The molecule has 1 aliphatic rings. The summed E-state index contributed by atoms with van der Waals surface area (Å²) in [6.45, 7) is 3.31. The van der Waals surface area contributed by atoms with Crippen molar-refractivity contribution >= 4 is 5.91 Å². The van der Waals surface area contributed by atoms with Gasteiger partial charge in [0, 0.05) is 13.1 Å². The Morgan fingerprint density at radius 3 is 3.00 bits per heavy atom. The van der Waals surface area contributed by atoms with Crippen LogP contribution < -0.4 is 5.32 Å². The third-order valence-corrected chi connectivity index (χ3v) is 3.92. The summed E-state index contributed by atoms with van der Waals surface area (Å²) in [5.41, 5.74) is 2.23. The number of phenolic OH excluding ortho intramolecular Hbond substituents is 1. The average Bonchev–Trinajstić information content (AvgIpc) is 2.44. The first-order valence-corrected chi connectivity index (χ1v) is 6.92. The number of hydrogen-bond donors (Lipinski definition) is 2. The number of likely N-dealkylation sites (N-methyl/N-ethyl adjacent to an activating group) is 2. The number of nitrogens with one attached hydrogen (secondary N) is 1. The Morgan fingerprint density at radius 1 is 1.53 bits per heavy atom. The fraction of sp³-hybridized carbons (Fsp3) is 0.533. The van der Waals surface area contributed by atoms with Crippen LogP contribution in [-0.4, -0.2) is 36.1 Å². The number of hydrogen-bond acceptors (Lipinski definition) is 3. The van der Waals surface area contributed by atoms with Crippen LogP contribution in [-0.2, 0) is 11.2 Å². The summed E-state index contributed by atoms with van der Waals surface area (Å²) in [7, 11) is 1.66. The molecule has 0 aliphatic heterocycles. The molecule has 1 unspecified atom stereocenters. The van der Waals surface area contributed by atoms with Crippen LogP contribution in [0.5, 0.6) is 5.75 Å². The summed E-state index contributed by atoms with van der Waals surface area (Å²) in [6.07, 6.45) is 3.02. The highest BCUT2D eigenvalue weighted by molar-refractivity contribution is 5.77. The fourth-order valence-electron chi connectivity index (χ4n) is 2.89. The lowest BCUT2D eigenvalue weighted by Crippen LogP contribution is -2.39. The van der Waals surface area contributed by atoms with E-state index in [-0.39, 0.29) is 11.9 Å². The van der Waals surface area contributed by atoms with Gasteiger partial charge in [-0.2, -0.15) is 0 Å². The van der Waals surface area contributed by atoms with Gasteiger partial charge in [-0.05, 0) is 43.0 Å². The molecule has 0 saturated heterocycles. The van der Waals surface area contributed by atoms with Crippen molar-refractivity contribution in [3.63, 3.8) is 0 Å². The predicted molar refractivity (Wildman–Crippen MR) is 75.1 cm³/mol. The molecule has 1 atom stereocenters. The molecule has 1 aromatic carbocycles. The Balaban J connectivity index is 2.26. The Morgan fingerprint density at radius 2 is 2.32 bits per heavy atom. The van der Waals surface area contributed by atoms with E-state index in [2.05, 4.69) is 23.2 Å². The van der Waals surface area contributed by atoms with E-state index in [1.165, 1.54) is 5.56 Å². The van der Waals surface area contributed by atoms with E-state index in [1.54, 1.807) is 13.1 Å². The number of fused-ring (bicyclic) bond motifs is 1. The van der Waals surface area contributed by atoms with E-state index in [9.17, 15) is 9.90 Å². The van der Waals surface area contributed by atoms with Gasteiger partial charge in [0.05, 0.1) is 6.54 Å². The molecular weight excluding hydrogens is 240 g/mol. The first-order valence-electron chi connectivity index (χ1n) is 6.92. The minimum absolute atomic E-state index is 0.0362. The highest BCUT2D eigenvalue weighted by Crippen LogP contribution is 2.37. The third-order valence-electron chi connectivity index (χ3n) is 3.92. The van der Waals surface area contributed by atoms with Gasteiger partial charge in [-0.3, -0.25) is 9.69 Å². The summed E-state index contributed by atoms with van der Waals surface area (Å²) < 4.78 is 0. The summed E-state index contributed by atoms with van der Waals surface area (Å²) in [5.74, 6) is 0.423. The van der Waals surface area contributed by atoms with Crippen LogP contribution in [0.15, 0.2) is 18.2 Å². The highest BCUT2D eigenvalue weighted by Gasteiger charge is 2.27. The van der Waals surface area contributed by atoms with Crippen molar-refractivity contribution in [1.29, 1.82) is 0 Å². The minimum Gasteiger partial charge on any atom is -0.508 e. The van der Waals surface area contributed by atoms with E-state index in [0.717, 1.165) is 31.4 Å². The predicted octanol–water partition coefficient (Wildman–Crippen LogP) is 1.84. The molecule has 4 nitrogen and oxygen atoms in total. The van der Waals surface area contributed by atoms with Crippen LogP contribution in [0.2, 0.25) is 0 Å². The smallest absolute Gasteiger partial charge is 0.233 e. The quantitative estimate of drug-likeness (QED) is 0.870. The summed E-state index contributed by atoms with van der Waals surface area (Å²) >= 11 is 0. The van der Waals surface area contributed by atoms with Crippen LogP contribution >= 0.6 is 0 Å². The third kappa shape index (κ3) is 2.89. The van der Waals surface area contributed by atoms with Crippen molar-refractivity contribution in [3.05, 3.63) is 29.3 Å². The lowest BCUT2D eigenvalue weighted by atomic mass is 9.86. The first kappa shape index (κ1) is 13.9. The summed E-state index contributed by atoms with van der Waals surface area (Å²) in [4.78, 5) is 13.8. The van der Waals surface area contributed by atoms with Crippen LogP contribution in [0.4, 0.5) is 0 Å². The molecule has 0 spiro atoms. The number of aromatic hydroxyl groups is 1. The molecular formula is C15H22N2O2. The summed E-state index contributed by atoms with van der Waals surface area (Å²) in [5, 5.41) is 12.6. The molecule has 2 rings (SSSR count). The lowest BCUT2D eigenvalue weighted by Gasteiger charge is -2.35. The van der Waals surface area contributed by atoms with Gasteiger partial charge in [0.15, 0.2) is 0 Å². The van der Waals surface area contributed by atoms with Crippen molar-refractivity contribution in [1.82, 2.24) is 10.2 Å². The highest BCUT2D eigenvalue weighted by atomic mass is 16.3. The fourth-order valence-corrected chi connectivity index (χ4v) is 2.89. The van der Waals surface area contributed by atoms with Gasteiger partial charge in [-0.15, -0.1) is 0 Å². The summed E-state index contributed by atoms with van der Waals surface area (Å²) in [6, 6.07) is 5.94. The van der Waals surface area contributed by atoms with Crippen molar-refractivity contribution in [2.24, 2.45) is 0 Å². The number of phenols is 1. The molecule has 0 heterocycles. The molecule has 104 valence electrons. The number of carbonyl (C=O) groups is 1. The Bertz CT molecular complexity index is 459. The topological polar surface area (TPSA) is 52.6 Å². The number of amides is 1. The molecule has 0 fully saturated rings. The Hall–Kier alpha value is -1.55. The van der Waals surface area contributed by atoms with E-state index in [0.29, 0.717) is 12.3 Å². The number of rotatable bonds is 4. The molecule has 4 heteroatoms. The first-order chi connectivity index (χ1) is 9.17. The van der Waals surface area contributed by atoms with E-state index in [4.69, 9.17) is 0 Å². The molecule has 0 aromatic heterocycles. The van der Waals surface area contributed by atoms with Gasteiger partial charge in [-0.25, -0.2) is 0 Å². The van der Waals surface area contributed by atoms with Crippen LogP contribution in [0, 0.1) is 0 Å². The molecule has 2 N–H and O–H groups in total. The minimum atomic E-state index is 0.0362. The zero-order chi connectivity index (χ0) is 13.8. The number of carbonyl (C=O) groups excluding carboxylic acids is 1. The van der Waals surface area contributed by atoms with E-state index >= 15 is 0 Å². The molecule has 0 saturated carbocycles. The van der Waals surface area contributed by atoms with Crippen molar-refractivity contribution in [3.8, 4) is 5.75 Å². The van der Waals surface area contributed by atoms with Gasteiger partial charge >= 0.3 is 0 Å². The number of nitrogens with zero attached hydrogens (tertiary/aromatic N) is 1. The molecule has 19 heavy (non-hydrogen) atoms. The van der Waals surface area contributed by atoms with Crippen molar-refractivity contribution in [2.75, 3.05) is 20.1 Å². The van der Waals surface area contributed by atoms with Gasteiger partial charge in [0.1, 0.15) is 5.75 Å². The van der Waals surface area contributed by atoms with Crippen LogP contribution in [0.1, 0.15) is 36.9 Å². The molecule has 1 aromatic rings. The van der Waals surface area contributed by atoms with E-state index < -0.39 is 0 Å². The SMILES string of the molecule is CCN(CC(=O)NC)C1CCCc2c(O)cccc21. The molecule has 0 radical (unpaired) electrons.